The summed E-state index contributed by atoms with van der Waals surface area (Å²) < 4.78 is 1.48. The van der Waals surface area contributed by atoms with Crippen molar-refractivity contribution in [1.29, 1.82) is 0 Å². The maximum Gasteiger partial charge on any atom is 0.358 e. The van der Waals surface area contributed by atoms with Crippen molar-refractivity contribution in [3.8, 4) is 0 Å². The van der Waals surface area contributed by atoms with Gasteiger partial charge in [-0.2, -0.15) is 0 Å². The third-order valence-electron chi connectivity index (χ3n) is 1.99. The molecule has 2 heterocycles. The van der Waals surface area contributed by atoms with E-state index >= 15 is 0 Å². The van der Waals surface area contributed by atoms with Crippen molar-refractivity contribution < 1.29 is 9.90 Å². The van der Waals surface area contributed by atoms with E-state index in [4.69, 9.17) is 5.11 Å². The number of aromatic carboxylic acids is 1. The first kappa shape index (κ1) is 11.5. The van der Waals surface area contributed by atoms with Gasteiger partial charge in [-0.1, -0.05) is 5.21 Å². The fourth-order valence-electron chi connectivity index (χ4n) is 1.22. The second kappa shape index (κ2) is 4.91. The summed E-state index contributed by atoms with van der Waals surface area (Å²) in [5.41, 5.74) is 0.932. The molecule has 0 aromatic carbocycles. The van der Waals surface area contributed by atoms with Crippen LogP contribution >= 0.6 is 11.3 Å². The third-order valence-corrected chi connectivity index (χ3v) is 2.91. The second-order valence-electron chi connectivity index (χ2n) is 3.39. The lowest BCUT2D eigenvalue weighted by molar-refractivity contribution is 0.0690. The lowest BCUT2D eigenvalue weighted by Gasteiger charge is -2.01. The number of carboxylic acids is 1. The molecule has 0 radical (unpaired) electrons. The molecule has 0 spiro atoms. The summed E-state index contributed by atoms with van der Waals surface area (Å²) in [5, 5.41) is 21.8. The van der Waals surface area contributed by atoms with Crippen molar-refractivity contribution in [3.05, 3.63) is 23.0 Å². The number of thiazole rings is 1. The molecule has 0 amide bonds. The van der Waals surface area contributed by atoms with Crippen molar-refractivity contribution in [1.82, 2.24) is 20.0 Å². The standard InChI is InChI=1S/C9H11N5O2S/c1-6-5-17-9(11-6)10-2-3-14-4-7(8(15)16)12-13-14/h4-5H,2-3H2,1H3,(H,10,11)(H,15,16). The highest BCUT2D eigenvalue weighted by Crippen LogP contribution is 2.13. The number of aryl methyl sites for hydroxylation is 1. The van der Waals surface area contributed by atoms with Gasteiger partial charge in [-0.15, -0.1) is 16.4 Å². The molecule has 7 nitrogen and oxygen atoms in total. The molecule has 0 aliphatic rings. The second-order valence-corrected chi connectivity index (χ2v) is 4.25. The summed E-state index contributed by atoms with van der Waals surface area (Å²) in [6, 6.07) is 0. The molecule has 90 valence electrons. The third kappa shape index (κ3) is 3.00. The minimum Gasteiger partial charge on any atom is -0.476 e. The summed E-state index contributed by atoms with van der Waals surface area (Å²) in [7, 11) is 0. The van der Waals surface area contributed by atoms with E-state index in [-0.39, 0.29) is 5.69 Å². The van der Waals surface area contributed by atoms with Crippen LogP contribution in [0.25, 0.3) is 0 Å². The highest BCUT2D eigenvalue weighted by atomic mass is 32.1. The van der Waals surface area contributed by atoms with Crippen LogP contribution in [-0.2, 0) is 6.54 Å². The molecule has 17 heavy (non-hydrogen) atoms. The number of aromatic nitrogens is 4. The average molecular weight is 253 g/mol. The smallest absolute Gasteiger partial charge is 0.358 e. The van der Waals surface area contributed by atoms with Crippen LogP contribution in [0.5, 0.6) is 0 Å². The molecule has 2 rings (SSSR count). The Labute approximate surface area is 101 Å². The van der Waals surface area contributed by atoms with Gasteiger partial charge in [-0.25, -0.2) is 14.5 Å². The minimum absolute atomic E-state index is 0.0462. The Balaban J connectivity index is 1.83. The van der Waals surface area contributed by atoms with Crippen LogP contribution in [0.2, 0.25) is 0 Å². The summed E-state index contributed by atoms with van der Waals surface area (Å²) >= 11 is 1.53. The predicted octanol–water partition coefficient (Wildman–Crippen LogP) is 0.853. The lowest BCUT2D eigenvalue weighted by atomic mass is 10.5. The topological polar surface area (TPSA) is 92.9 Å². The van der Waals surface area contributed by atoms with Crippen LogP contribution in [-0.4, -0.2) is 37.6 Å². The number of carboxylic acid groups (broad SMARTS) is 1. The Morgan fingerprint density at radius 1 is 1.65 bits per heavy atom. The van der Waals surface area contributed by atoms with Crippen molar-refractivity contribution in [2.75, 3.05) is 11.9 Å². The molecule has 2 aromatic rings. The van der Waals surface area contributed by atoms with Gasteiger partial charge in [0.15, 0.2) is 10.8 Å². The largest absolute Gasteiger partial charge is 0.476 e. The highest BCUT2D eigenvalue weighted by molar-refractivity contribution is 7.13. The van der Waals surface area contributed by atoms with Crippen LogP contribution in [0, 0.1) is 6.92 Å². The van der Waals surface area contributed by atoms with Crippen molar-refractivity contribution >= 4 is 22.4 Å². The molecular weight excluding hydrogens is 242 g/mol. The molecular formula is C9H11N5O2S. The van der Waals surface area contributed by atoms with Gasteiger partial charge in [0.2, 0.25) is 0 Å². The van der Waals surface area contributed by atoms with Crippen LogP contribution in [0.15, 0.2) is 11.6 Å². The fraction of sp³-hybridized carbons (Fsp3) is 0.333. The number of carbonyl (C=O) groups is 1. The van der Waals surface area contributed by atoms with Gasteiger partial charge in [0.25, 0.3) is 0 Å². The maximum absolute atomic E-state index is 10.6. The van der Waals surface area contributed by atoms with Gasteiger partial charge in [0.1, 0.15) is 0 Å². The Morgan fingerprint density at radius 3 is 3.06 bits per heavy atom. The van der Waals surface area contributed by atoms with E-state index in [0.717, 1.165) is 10.8 Å². The molecule has 2 N–H and O–H groups in total. The number of anilines is 1. The van der Waals surface area contributed by atoms with Gasteiger partial charge < -0.3 is 10.4 Å². The normalized spacial score (nSPS) is 10.4. The number of rotatable bonds is 5. The zero-order valence-electron chi connectivity index (χ0n) is 9.12. The molecule has 8 heteroatoms. The van der Waals surface area contributed by atoms with Crippen LogP contribution in [0.3, 0.4) is 0 Å². The number of hydrogen-bond acceptors (Lipinski definition) is 6. The monoisotopic (exact) mass is 253 g/mol. The molecule has 0 saturated carbocycles. The van der Waals surface area contributed by atoms with E-state index in [2.05, 4.69) is 20.6 Å². The number of hydrogen-bond donors (Lipinski definition) is 2. The predicted molar refractivity (Wildman–Crippen MR) is 62.3 cm³/mol. The summed E-state index contributed by atoms with van der Waals surface area (Å²) in [6.45, 7) is 3.09. The first-order valence-corrected chi connectivity index (χ1v) is 5.82. The molecule has 0 bridgehead atoms. The molecule has 0 atom stereocenters. The van der Waals surface area contributed by atoms with Gasteiger partial charge in [0.05, 0.1) is 18.4 Å². The SMILES string of the molecule is Cc1csc(NCCn2cc(C(=O)O)nn2)n1. The quantitative estimate of drug-likeness (QED) is 0.820. The maximum atomic E-state index is 10.6. The fourth-order valence-corrected chi connectivity index (χ4v) is 1.94. The Kier molecular flexibility index (Phi) is 3.33. The van der Waals surface area contributed by atoms with Gasteiger partial charge in [-0.3, -0.25) is 0 Å². The van der Waals surface area contributed by atoms with E-state index in [1.165, 1.54) is 22.2 Å². The Bertz CT molecular complexity index is 521. The number of nitrogens with one attached hydrogen (secondary N) is 1. The zero-order valence-corrected chi connectivity index (χ0v) is 9.94. The Hall–Kier alpha value is -1.96. The van der Waals surface area contributed by atoms with E-state index in [1.54, 1.807) is 0 Å². The van der Waals surface area contributed by atoms with E-state index in [1.807, 2.05) is 12.3 Å². The van der Waals surface area contributed by atoms with E-state index in [9.17, 15) is 4.79 Å². The van der Waals surface area contributed by atoms with Crippen LogP contribution in [0.4, 0.5) is 5.13 Å². The lowest BCUT2D eigenvalue weighted by Crippen LogP contribution is -2.10. The summed E-state index contributed by atoms with van der Waals surface area (Å²) in [4.78, 5) is 14.8. The summed E-state index contributed by atoms with van der Waals surface area (Å²) in [6.07, 6.45) is 1.40. The minimum atomic E-state index is -1.07. The molecule has 0 fully saturated rings. The summed E-state index contributed by atoms with van der Waals surface area (Å²) in [5.74, 6) is -1.07. The molecule has 0 aliphatic carbocycles. The Morgan fingerprint density at radius 2 is 2.47 bits per heavy atom. The van der Waals surface area contributed by atoms with E-state index < -0.39 is 5.97 Å². The molecule has 0 aliphatic heterocycles. The highest BCUT2D eigenvalue weighted by Gasteiger charge is 2.07. The van der Waals surface area contributed by atoms with Gasteiger partial charge in [-0.05, 0) is 6.92 Å². The van der Waals surface area contributed by atoms with Gasteiger partial charge >= 0.3 is 5.97 Å². The average Bonchev–Trinajstić information content (AvgIpc) is 2.88. The first-order chi connectivity index (χ1) is 8.15. The van der Waals surface area contributed by atoms with Crippen LogP contribution < -0.4 is 5.32 Å². The van der Waals surface area contributed by atoms with Gasteiger partial charge in [0, 0.05) is 11.9 Å². The zero-order chi connectivity index (χ0) is 12.3. The van der Waals surface area contributed by atoms with E-state index in [0.29, 0.717) is 13.1 Å². The molecule has 0 unspecified atom stereocenters. The molecule has 2 aromatic heterocycles. The number of nitrogens with zero attached hydrogens (tertiary/aromatic N) is 4. The van der Waals surface area contributed by atoms with Crippen molar-refractivity contribution in [3.63, 3.8) is 0 Å². The first-order valence-electron chi connectivity index (χ1n) is 4.94. The van der Waals surface area contributed by atoms with Crippen molar-refractivity contribution in [2.45, 2.75) is 13.5 Å². The van der Waals surface area contributed by atoms with Crippen LogP contribution in [0.1, 0.15) is 16.2 Å². The molecule has 0 saturated heterocycles. The van der Waals surface area contributed by atoms with Crippen molar-refractivity contribution in [2.24, 2.45) is 0 Å².